The molecule has 6 heteroatoms. The maximum atomic E-state index is 12.2. The number of aromatic amines is 2. The molecule has 1 fully saturated rings. The van der Waals surface area contributed by atoms with Gasteiger partial charge in [0.15, 0.2) is 0 Å². The van der Waals surface area contributed by atoms with Gasteiger partial charge in [0.05, 0.1) is 11.2 Å². The van der Waals surface area contributed by atoms with Crippen LogP contribution in [0.15, 0.2) is 42.5 Å². The van der Waals surface area contributed by atoms with Crippen LogP contribution >= 0.6 is 0 Å². The monoisotopic (exact) mass is 401 g/mol. The summed E-state index contributed by atoms with van der Waals surface area (Å²) in [7, 11) is 3.52. The molecule has 0 aliphatic carbocycles. The highest BCUT2D eigenvalue weighted by Gasteiger charge is 2.15. The molecule has 3 heterocycles. The van der Waals surface area contributed by atoms with E-state index in [4.69, 9.17) is 0 Å². The van der Waals surface area contributed by atoms with E-state index in [2.05, 4.69) is 44.3 Å². The highest BCUT2D eigenvalue weighted by molar-refractivity contribution is 6.01. The van der Waals surface area contributed by atoms with E-state index in [1.165, 1.54) is 43.3 Å². The first-order chi connectivity index (χ1) is 14.6. The first-order valence-corrected chi connectivity index (χ1v) is 10.6. The quantitative estimate of drug-likeness (QED) is 0.533. The SMILES string of the molecule is CN(C)C(=O)c1ccc2c(-c3cc4cc(CN5CCCCC5)ccc4[nH]3)n[nH]c2c1. The number of amides is 1. The van der Waals surface area contributed by atoms with Crippen LogP contribution in [-0.2, 0) is 6.54 Å². The van der Waals surface area contributed by atoms with Crippen molar-refractivity contribution in [2.45, 2.75) is 25.8 Å². The number of carbonyl (C=O) groups is 1. The van der Waals surface area contributed by atoms with E-state index in [0.717, 1.165) is 34.4 Å². The second-order valence-corrected chi connectivity index (χ2v) is 8.47. The molecule has 1 aliphatic rings. The minimum atomic E-state index is -0.0140. The Morgan fingerprint density at radius 2 is 1.87 bits per heavy atom. The Hall–Kier alpha value is -3.12. The van der Waals surface area contributed by atoms with E-state index in [0.29, 0.717) is 5.56 Å². The molecule has 2 N–H and O–H groups in total. The van der Waals surface area contributed by atoms with Crippen LogP contribution in [0.1, 0.15) is 35.2 Å². The van der Waals surface area contributed by atoms with Crippen LogP contribution in [-0.4, -0.2) is 58.1 Å². The molecule has 1 amide bonds. The van der Waals surface area contributed by atoms with E-state index in [9.17, 15) is 4.79 Å². The number of aromatic nitrogens is 3. The van der Waals surface area contributed by atoms with Crippen LogP contribution in [0.5, 0.6) is 0 Å². The summed E-state index contributed by atoms with van der Waals surface area (Å²) in [5, 5.41) is 9.82. The van der Waals surface area contributed by atoms with Gasteiger partial charge >= 0.3 is 0 Å². The van der Waals surface area contributed by atoms with Crippen molar-refractivity contribution in [1.82, 2.24) is 25.0 Å². The summed E-state index contributed by atoms with van der Waals surface area (Å²) in [4.78, 5) is 19.9. The van der Waals surface area contributed by atoms with Crippen molar-refractivity contribution in [2.75, 3.05) is 27.2 Å². The highest BCUT2D eigenvalue weighted by Crippen LogP contribution is 2.30. The van der Waals surface area contributed by atoms with E-state index in [1.807, 2.05) is 18.2 Å². The summed E-state index contributed by atoms with van der Waals surface area (Å²) in [6, 6.07) is 14.5. The average Bonchev–Trinajstić information content (AvgIpc) is 3.36. The number of nitrogens with one attached hydrogen (secondary N) is 2. The molecule has 0 unspecified atom stereocenters. The minimum absolute atomic E-state index is 0.0140. The predicted octanol–water partition coefficient (Wildman–Crippen LogP) is 4.40. The molecule has 0 atom stereocenters. The second-order valence-electron chi connectivity index (χ2n) is 8.47. The normalized spacial score (nSPS) is 15.1. The number of piperidine rings is 1. The zero-order valence-corrected chi connectivity index (χ0v) is 17.5. The van der Waals surface area contributed by atoms with Gasteiger partial charge in [0.1, 0.15) is 5.69 Å². The number of hydrogen-bond donors (Lipinski definition) is 2. The molecular weight excluding hydrogens is 374 g/mol. The Balaban J connectivity index is 1.45. The van der Waals surface area contributed by atoms with E-state index >= 15 is 0 Å². The van der Waals surface area contributed by atoms with E-state index in [-0.39, 0.29) is 5.91 Å². The van der Waals surface area contributed by atoms with Crippen molar-refractivity contribution in [3.8, 4) is 11.4 Å². The average molecular weight is 402 g/mol. The van der Waals surface area contributed by atoms with Crippen molar-refractivity contribution in [1.29, 1.82) is 0 Å². The first kappa shape index (κ1) is 18.9. The standard InChI is InChI=1S/C24H27N5O/c1-28(2)24(30)17-7-8-19-21(13-17)26-27-23(19)22-14-18-12-16(6-9-20(18)25-22)15-29-10-4-3-5-11-29/h6-9,12-14,25H,3-5,10-11,15H2,1-2H3,(H,26,27). The van der Waals surface area contributed by atoms with E-state index in [1.54, 1.807) is 19.0 Å². The lowest BCUT2D eigenvalue weighted by Crippen LogP contribution is -2.28. The molecule has 2 aromatic heterocycles. The zero-order chi connectivity index (χ0) is 20.7. The fourth-order valence-corrected chi connectivity index (χ4v) is 4.40. The van der Waals surface area contributed by atoms with Gasteiger partial charge in [-0.05, 0) is 67.9 Å². The number of nitrogens with zero attached hydrogens (tertiary/aromatic N) is 3. The van der Waals surface area contributed by atoms with Crippen molar-refractivity contribution < 1.29 is 4.79 Å². The molecule has 4 aromatic rings. The third-order valence-corrected chi connectivity index (χ3v) is 6.01. The van der Waals surface area contributed by atoms with Crippen LogP contribution in [0.4, 0.5) is 0 Å². The molecule has 6 nitrogen and oxygen atoms in total. The molecule has 0 spiro atoms. The van der Waals surface area contributed by atoms with Gasteiger partial charge in [-0.15, -0.1) is 0 Å². The van der Waals surface area contributed by atoms with Crippen molar-refractivity contribution in [2.24, 2.45) is 0 Å². The lowest BCUT2D eigenvalue weighted by atomic mass is 10.1. The summed E-state index contributed by atoms with van der Waals surface area (Å²) in [6.45, 7) is 3.42. The number of hydrogen-bond acceptors (Lipinski definition) is 3. The van der Waals surface area contributed by atoms with E-state index < -0.39 is 0 Å². The van der Waals surface area contributed by atoms with Crippen LogP contribution in [0.3, 0.4) is 0 Å². The molecule has 0 bridgehead atoms. The number of carbonyl (C=O) groups excluding carboxylic acids is 1. The van der Waals surface area contributed by atoms with Crippen LogP contribution < -0.4 is 0 Å². The van der Waals surface area contributed by atoms with Crippen molar-refractivity contribution in [3.05, 3.63) is 53.6 Å². The molecule has 1 aliphatic heterocycles. The summed E-state index contributed by atoms with van der Waals surface area (Å²) in [6.07, 6.45) is 3.98. The maximum Gasteiger partial charge on any atom is 0.253 e. The number of H-pyrrole nitrogens is 2. The van der Waals surface area contributed by atoms with Crippen molar-refractivity contribution >= 4 is 27.7 Å². The molecule has 154 valence electrons. The highest BCUT2D eigenvalue weighted by atomic mass is 16.2. The molecular formula is C24H27N5O. The Bertz CT molecular complexity index is 1210. The molecule has 5 rings (SSSR count). The lowest BCUT2D eigenvalue weighted by Gasteiger charge is -2.26. The minimum Gasteiger partial charge on any atom is -0.353 e. The van der Waals surface area contributed by atoms with Gasteiger partial charge in [-0.25, -0.2) is 0 Å². The molecule has 0 saturated carbocycles. The van der Waals surface area contributed by atoms with Gasteiger partial charge in [0.25, 0.3) is 5.91 Å². The number of likely N-dealkylation sites (tertiary alicyclic amines) is 1. The van der Waals surface area contributed by atoms with Gasteiger partial charge in [-0.3, -0.25) is 14.8 Å². The van der Waals surface area contributed by atoms with Crippen LogP contribution in [0.2, 0.25) is 0 Å². The van der Waals surface area contributed by atoms with Gasteiger partial charge in [-0.2, -0.15) is 5.10 Å². The molecule has 2 aromatic carbocycles. The Labute approximate surface area is 175 Å². The van der Waals surface area contributed by atoms with Crippen LogP contribution in [0.25, 0.3) is 33.2 Å². The Kier molecular flexibility index (Phi) is 4.79. The largest absolute Gasteiger partial charge is 0.353 e. The Morgan fingerprint density at radius 3 is 2.67 bits per heavy atom. The summed E-state index contributed by atoms with van der Waals surface area (Å²) < 4.78 is 0. The fourth-order valence-electron chi connectivity index (χ4n) is 4.40. The molecule has 30 heavy (non-hydrogen) atoms. The van der Waals surface area contributed by atoms with Crippen LogP contribution in [0, 0.1) is 0 Å². The Morgan fingerprint density at radius 1 is 1.03 bits per heavy atom. The van der Waals surface area contributed by atoms with Gasteiger partial charge in [-0.1, -0.05) is 12.5 Å². The predicted molar refractivity (Wildman–Crippen MR) is 121 cm³/mol. The fraction of sp³-hybridized carbons (Fsp3) is 0.333. The van der Waals surface area contributed by atoms with Gasteiger partial charge in [0, 0.05) is 42.5 Å². The van der Waals surface area contributed by atoms with Gasteiger partial charge in [0.2, 0.25) is 0 Å². The lowest BCUT2D eigenvalue weighted by molar-refractivity contribution is 0.0827. The maximum absolute atomic E-state index is 12.2. The number of benzene rings is 2. The van der Waals surface area contributed by atoms with Gasteiger partial charge < -0.3 is 9.88 Å². The molecule has 0 radical (unpaired) electrons. The molecule has 1 saturated heterocycles. The zero-order valence-electron chi connectivity index (χ0n) is 17.5. The first-order valence-electron chi connectivity index (χ1n) is 10.6. The third kappa shape index (κ3) is 3.48. The smallest absolute Gasteiger partial charge is 0.253 e. The topological polar surface area (TPSA) is 68.0 Å². The summed E-state index contributed by atoms with van der Waals surface area (Å²) in [5.41, 5.74) is 5.85. The third-order valence-electron chi connectivity index (χ3n) is 6.01. The number of fused-ring (bicyclic) bond motifs is 2. The summed E-state index contributed by atoms with van der Waals surface area (Å²) >= 11 is 0. The summed E-state index contributed by atoms with van der Waals surface area (Å²) in [5.74, 6) is -0.0140. The second kappa shape index (κ2) is 7.61. The number of rotatable bonds is 4. The van der Waals surface area contributed by atoms with Crippen molar-refractivity contribution in [3.63, 3.8) is 0 Å².